The van der Waals surface area contributed by atoms with Crippen molar-refractivity contribution >= 4 is 82.2 Å². The maximum Gasteiger partial charge on any atom is 0.206 e. The van der Waals surface area contributed by atoms with Gasteiger partial charge in [0.2, 0.25) is 59.0 Å². The fraction of sp³-hybridized carbons (Fsp3) is 0.0270. The van der Waals surface area contributed by atoms with Gasteiger partial charge in [0, 0.05) is 10.0 Å². The summed E-state index contributed by atoms with van der Waals surface area (Å²) in [6.45, 7) is 1.88. The lowest BCUT2D eigenvalue weighted by atomic mass is 10.1. The van der Waals surface area contributed by atoms with Crippen LogP contribution in [0.5, 0.6) is 28.7 Å². The van der Waals surface area contributed by atoms with E-state index in [2.05, 4.69) is 0 Å². The summed E-state index contributed by atoms with van der Waals surface area (Å²) in [6.07, 6.45) is 0. The number of halogens is 2. The van der Waals surface area contributed by atoms with Crippen molar-refractivity contribution in [1.29, 1.82) is 0 Å². The summed E-state index contributed by atoms with van der Waals surface area (Å²) in [7, 11) is -20.7. The number of sulfone groups is 6. The molecule has 0 aliphatic carbocycles. The van der Waals surface area contributed by atoms with E-state index in [-0.39, 0.29) is 70.2 Å². The molecule has 0 atom stereocenters. The molecule has 0 radical (unpaired) electrons. The molecule has 0 spiro atoms. The number of hydrogen-bond acceptors (Lipinski definition) is 16. The molecule has 16 nitrogen and oxygen atoms in total. The van der Waals surface area contributed by atoms with Gasteiger partial charge in [0.25, 0.3) is 0 Å². The summed E-state index contributed by atoms with van der Waals surface area (Å²) in [4.78, 5) is 1.57. The van der Waals surface area contributed by atoms with Crippen LogP contribution in [0.2, 0.25) is 10.0 Å². The van der Waals surface area contributed by atoms with Crippen LogP contribution < -0.4 is 9.47 Å². The molecule has 24 heteroatoms. The molecule has 0 aliphatic rings. The molecule has 0 aliphatic heterocycles. The lowest BCUT2D eigenvalue weighted by molar-refractivity contribution is 0.414. The van der Waals surface area contributed by atoms with E-state index in [4.69, 9.17) is 32.7 Å². The summed E-state index contributed by atoms with van der Waals surface area (Å²) in [5.74, 6) is 1.28. The van der Waals surface area contributed by atoms with Crippen LogP contribution in [0.25, 0.3) is 22.3 Å². The molecule has 12 rings (SSSR count). The van der Waals surface area contributed by atoms with E-state index < -0.39 is 59.0 Å². The van der Waals surface area contributed by atoms with E-state index in [0.717, 1.165) is 22.3 Å². The van der Waals surface area contributed by atoms with Crippen LogP contribution >= 0.6 is 23.2 Å². The molecule has 0 unspecified atom stereocenters. The molecule has 12 aromatic carbocycles. The molecule has 0 saturated heterocycles. The Labute approximate surface area is 578 Å². The molecule has 0 heterocycles. The summed E-state index contributed by atoms with van der Waals surface area (Å²) in [5.41, 5.74) is 3.85. The van der Waals surface area contributed by atoms with E-state index >= 15 is 0 Å². The number of benzene rings is 12. The van der Waals surface area contributed by atoms with Crippen molar-refractivity contribution in [2.75, 3.05) is 7.11 Å². The zero-order chi connectivity index (χ0) is 70.2. The topological polar surface area (TPSA) is 264 Å². The molecule has 498 valence electrons. The number of phenols is 2. The van der Waals surface area contributed by atoms with Crippen molar-refractivity contribution in [3.8, 4) is 51.0 Å². The zero-order valence-corrected chi connectivity index (χ0v) is 57.9. The monoisotopic (exact) mass is 1460 g/mol. The van der Waals surface area contributed by atoms with E-state index in [9.17, 15) is 60.7 Å². The Morgan fingerprint density at radius 3 is 0.602 bits per heavy atom. The van der Waals surface area contributed by atoms with E-state index in [0.29, 0.717) is 32.9 Å². The first-order valence-corrected chi connectivity index (χ1v) is 38.8. The Balaban J connectivity index is 0.000000180. The smallest absolute Gasteiger partial charge is 0.206 e. The average molecular weight is 1460 g/mol. The second kappa shape index (κ2) is 29.5. The van der Waals surface area contributed by atoms with Gasteiger partial charge >= 0.3 is 0 Å². The normalized spacial score (nSPS) is 11.8. The summed E-state index contributed by atoms with van der Waals surface area (Å²) < 4.78 is 165. The van der Waals surface area contributed by atoms with Crippen molar-refractivity contribution in [3.05, 3.63) is 307 Å². The van der Waals surface area contributed by atoms with Crippen LogP contribution in [-0.4, -0.2) is 67.8 Å². The predicted octanol–water partition coefficient (Wildman–Crippen LogP) is 16.2. The summed E-state index contributed by atoms with van der Waals surface area (Å²) >= 11 is 11.4. The molecule has 0 amide bonds. The highest BCUT2D eigenvalue weighted by atomic mass is 35.5. The van der Waals surface area contributed by atoms with Crippen molar-refractivity contribution in [2.24, 2.45) is 0 Å². The Morgan fingerprint density at radius 1 is 0.235 bits per heavy atom. The third kappa shape index (κ3) is 16.2. The van der Waals surface area contributed by atoms with Crippen LogP contribution in [0.3, 0.4) is 0 Å². The minimum absolute atomic E-state index is 0.0184. The lowest BCUT2D eigenvalue weighted by Gasteiger charge is -2.10. The van der Waals surface area contributed by atoms with Crippen molar-refractivity contribution in [3.63, 3.8) is 0 Å². The fourth-order valence-corrected chi connectivity index (χ4v) is 17.4. The molecule has 0 saturated carbocycles. The molecule has 2 N–H and O–H groups in total. The molecular weight excluding hydrogens is 1410 g/mol. The number of ether oxygens (including phenoxy) is 2. The van der Waals surface area contributed by atoms with Gasteiger partial charge in [-0.3, -0.25) is 0 Å². The largest absolute Gasteiger partial charge is 0.508 e. The highest BCUT2D eigenvalue weighted by molar-refractivity contribution is 7.93. The molecular formula is C74H56Cl2O16S6. The van der Waals surface area contributed by atoms with Gasteiger partial charge in [-0.15, -0.1) is 0 Å². The third-order valence-corrected chi connectivity index (χ3v) is 26.3. The van der Waals surface area contributed by atoms with Gasteiger partial charge in [0.1, 0.15) is 28.7 Å². The van der Waals surface area contributed by atoms with Gasteiger partial charge in [-0.05, 0) is 260 Å². The average Bonchev–Trinajstić information content (AvgIpc) is 0.815. The number of aromatic hydroxyl groups is 2. The molecule has 12 aromatic rings. The molecule has 98 heavy (non-hydrogen) atoms. The second-order valence-corrected chi connectivity index (χ2v) is 34.1. The molecule has 0 bridgehead atoms. The molecule has 0 aromatic heterocycles. The lowest BCUT2D eigenvalue weighted by Crippen LogP contribution is -2.02. The number of rotatable bonds is 17. The van der Waals surface area contributed by atoms with Gasteiger partial charge in [-0.25, -0.2) is 50.5 Å². The van der Waals surface area contributed by atoms with Gasteiger partial charge in [0.05, 0.1) is 65.9 Å². The quantitative estimate of drug-likeness (QED) is 0.0858. The Kier molecular flexibility index (Phi) is 21.3. The third-order valence-electron chi connectivity index (χ3n) is 15.1. The number of phenolic OH excluding ortho intramolecular Hbond substituents is 2. The van der Waals surface area contributed by atoms with Crippen LogP contribution in [0, 0.1) is 6.92 Å². The van der Waals surface area contributed by atoms with Crippen molar-refractivity contribution in [2.45, 2.75) is 65.7 Å². The van der Waals surface area contributed by atoms with Crippen molar-refractivity contribution < 1.29 is 70.2 Å². The first-order valence-electron chi connectivity index (χ1n) is 29.2. The van der Waals surface area contributed by atoms with E-state index in [1.54, 1.807) is 121 Å². The van der Waals surface area contributed by atoms with E-state index in [1.165, 1.54) is 177 Å². The highest BCUT2D eigenvalue weighted by Gasteiger charge is 2.24. The number of aryl methyl sites for hydroxylation is 1. The maximum absolute atomic E-state index is 13.4. The van der Waals surface area contributed by atoms with Crippen LogP contribution in [0.1, 0.15) is 5.56 Å². The van der Waals surface area contributed by atoms with Crippen molar-refractivity contribution in [1.82, 2.24) is 0 Å². The van der Waals surface area contributed by atoms with Gasteiger partial charge < -0.3 is 19.7 Å². The SMILES string of the molecule is COc1ccc(S(=O)(=O)c2ccc(-c3ccc(S(=O)(=O)c4ccc(Oc5ccc(S(=O)(=O)c6ccc(C)cc6)cc5)cc4)cc3)cc2)cc1.O=S(=O)(c1ccc(Cl)cc1)c1ccc(Cl)cc1.O=S(=O)(c1ccc(O)cc1)c1ccc(-c2ccc(S(=O)(=O)c3ccc(O)cc3)cc2)cc1. The number of methoxy groups -OCH3 is 1. The highest BCUT2D eigenvalue weighted by Crippen LogP contribution is 2.34. The van der Waals surface area contributed by atoms with Gasteiger partial charge in [0.15, 0.2) is 0 Å². The minimum atomic E-state index is -3.85. The van der Waals surface area contributed by atoms with Gasteiger partial charge in [-0.1, -0.05) is 89.4 Å². The van der Waals surface area contributed by atoms with Crippen LogP contribution in [-0.2, 0) is 59.0 Å². The summed E-state index contributed by atoms with van der Waals surface area (Å²) in [5, 5.41) is 19.7. The standard InChI is InChI=1S/C38H30O8S3.C24H18O6S2.C12H8Cl2O2S/c1-27-3-15-33(16-4-27)47(39,40)37-23-11-31(12-24-37)46-32-13-25-38(26-14-32)49(43,44)35-19-7-29(8-20-35)28-5-17-34(18-6-28)48(41,42)36-21-9-30(45-2)10-22-36;25-19-5-13-23(14-6-19)31(27,28)21-9-1-17(2-10-21)18-3-11-22(12-4-18)32(29,30)24-15-7-20(26)8-16-24;13-9-1-5-11(6-2-9)17(15,16)12-7-3-10(14)4-8-12/h3-26H,1-2H3;1-16,25-26H;1-8H. The fourth-order valence-electron chi connectivity index (χ4n) is 9.58. The Bertz CT molecular complexity index is 5360. The first kappa shape index (κ1) is 70.9. The van der Waals surface area contributed by atoms with Crippen LogP contribution in [0.15, 0.2) is 350 Å². The molecule has 0 fully saturated rings. The first-order chi connectivity index (χ1) is 46.5. The summed E-state index contributed by atoms with van der Waals surface area (Å²) in [6, 6.07) is 72.7. The maximum atomic E-state index is 13.4. The van der Waals surface area contributed by atoms with Crippen LogP contribution in [0.4, 0.5) is 0 Å². The van der Waals surface area contributed by atoms with E-state index in [1.807, 2.05) is 6.92 Å². The van der Waals surface area contributed by atoms with Gasteiger partial charge in [-0.2, -0.15) is 0 Å². The number of hydrogen-bond donors (Lipinski definition) is 2. The second-order valence-electron chi connectivity index (χ2n) is 21.5. The Hall–Kier alpha value is -9.88. The zero-order valence-electron chi connectivity index (χ0n) is 51.5. The predicted molar refractivity (Wildman–Crippen MR) is 373 cm³/mol. The minimum Gasteiger partial charge on any atom is -0.508 e. The Morgan fingerprint density at radius 2 is 0.398 bits per heavy atom.